The van der Waals surface area contributed by atoms with Crippen molar-refractivity contribution in [1.29, 1.82) is 5.26 Å². The number of hydrogen-bond donors (Lipinski definition) is 1. The van der Waals surface area contributed by atoms with E-state index in [4.69, 9.17) is 10.00 Å². The third-order valence-corrected chi connectivity index (χ3v) is 1.95. The zero-order valence-corrected chi connectivity index (χ0v) is 7.03. The van der Waals surface area contributed by atoms with Crippen LogP contribution in [0, 0.1) is 11.3 Å². The highest BCUT2D eigenvalue weighted by atomic mass is 16.5. The van der Waals surface area contributed by atoms with Crippen LogP contribution in [0.2, 0.25) is 0 Å². The maximum atomic E-state index is 8.71. The van der Waals surface area contributed by atoms with Gasteiger partial charge in [0.05, 0.1) is 13.2 Å². The summed E-state index contributed by atoms with van der Waals surface area (Å²) >= 11 is 0. The van der Waals surface area contributed by atoms with Crippen LogP contribution in [-0.4, -0.2) is 41.7 Å². The molecular weight excluding hydrogens is 170 g/mol. The van der Waals surface area contributed by atoms with E-state index >= 15 is 0 Å². The average Bonchev–Trinajstić information content (AvgIpc) is 2.67. The zero-order valence-electron chi connectivity index (χ0n) is 7.03. The Kier molecular flexibility index (Phi) is 2.10. The summed E-state index contributed by atoms with van der Waals surface area (Å²) in [5.41, 5.74) is 0.349. The molecule has 6 heteroatoms. The third kappa shape index (κ3) is 1.46. The van der Waals surface area contributed by atoms with Crippen LogP contribution in [-0.2, 0) is 4.74 Å². The molecule has 0 amide bonds. The quantitative estimate of drug-likeness (QED) is 0.629. The molecule has 1 N–H and O–H groups in total. The molecule has 0 spiro atoms. The SMILES string of the molecule is N#Cc1n[nH]nc1N1CCOCC1. The van der Waals surface area contributed by atoms with Crippen molar-refractivity contribution in [1.82, 2.24) is 15.4 Å². The zero-order chi connectivity index (χ0) is 9.10. The van der Waals surface area contributed by atoms with E-state index in [1.165, 1.54) is 0 Å². The van der Waals surface area contributed by atoms with Crippen LogP contribution in [0.15, 0.2) is 0 Å². The molecule has 1 saturated heterocycles. The lowest BCUT2D eigenvalue weighted by molar-refractivity contribution is 0.122. The standard InChI is InChI=1S/C7H9N5O/c8-5-6-7(10-11-9-6)12-1-3-13-4-2-12/h1-4H2,(H,9,10,11). The molecule has 2 heterocycles. The normalized spacial score (nSPS) is 17.0. The van der Waals surface area contributed by atoms with Gasteiger partial charge in [-0.1, -0.05) is 0 Å². The number of anilines is 1. The van der Waals surface area contributed by atoms with E-state index in [2.05, 4.69) is 15.4 Å². The van der Waals surface area contributed by atoms with Crippen molar-refractivity contribution in [2.24, 2.45) is 0 Å². The summed E-state index contributed by atoms with van der Waals surface area (Å²) in [7, 11) is 0. The molecule has 0 unspecified atom stereocenters. The van der Waals surface area contributed by atoms with Gasteiger partial charge in [0.2, 0.25) is 5.69 Å². The Morgan fingerprint density at radius 2 is 2.15 bits per heavy atom. The Balaban J connectivity index is 2.19. The number of ether oxygens (including phenoxy) is 1. The van der Waals surface area contributed by atoms with Crippen molar-refractivity contribution in [3.63, 3.8) is 0 Å². The summed E-state index contributed by atoms with van der Waals surface area (Å²) in [5.74, 6) is 0.630. The lowest BCUT2D eigenvalue weighted by Crippen LogP contribution is -2.36. The van der Waals surface area contributed by atoms with Gasteiger partial charge in [-0.3, -0.25) is 0 Å². The maximum absolute atomic E-state index is 8.71. The summed E-state index contributed by atoms with van der Waals surface area (Å²) in [6, 6.07) is 1.99. The fourth-order valence-electron chi connectivity index (χ4n) is 1.30. The van der Waals surface area contributed by atoms with Crippen LogP contribution in [0.5, 0.6) is 0 Å². The number of nitrogens with zero attached hydrogens (tertiary/aromatic N) is 4. The van der Waals surface area contributed by atoms with Crippen molar-refractivity contribution in [3.05, 3.63) is 5.69 Å². The topological polar surface area (TPSA) is 77.8 Å². The molecule has 1 fully saturated rings. The Bertz CT molecular complexity index is 322. The first-order valence-corrected chi connectivity index (χ1v) is 4.05. The Labute approximate surface area is 75.1 Å². The molecule has 0 aromatic carbocycles. The van der Waals surface area contributed by atoms with E-state index in [0.717, 1.165) is 13.1 Å². The fourth-order valence-corrected chi connectivity index (χ4v) is 1.30. The highest BCUT2D eigenvalue weighted by molar-refractivity contribution is 5.48. The van der Waals surface area contributed by atoms with Gasteiger partial charge in [0.25, 0.3) is 0 Å². The molecule has 0 saturated carbocycles. The van der Waals surface area contributed by atoms with Gasteiger partial charge in [0.1, 0.15) is 6.07 Å². The first-order chi connectivity index (χ1) is 6.42. The van der Waals surface area contributed by atoms with Crippen LogP contribution >= 0.6 is 0 Å². The first kappa shape index (κ1) is 8.01. The number of nitrogens with one attached hydrogen (secondary N) is 1. The summed E-state index contributed by atoms with van der Waals surface area (Å²) in [5, 5.41) is 18.8. The minimum atomic E-state index is 0.349. The third-order valence-electron chi connectivity index (χ3n) is 1.95. The number of hydrogen-bond acceptors (Lipinski definition) is 5. The molecule has 0 bridgehead atoms. The van der Waals surface area contributed by atoms with E-state index in [1.807, 2.05) is 11.0 Å². The molecule has 6 nitrogen and oxygen atoms in total. The summed E-state index contributed by atoms with van der Waals surface area (Å²) in [4.78, 5) is 1.99. The Hall–Kier alpha value is -1.61. The predicted octanol–water partition coefficient (Wildman–Crippen LogP) is -0.487. The van der Waals surface area contributed by atoms with Crippen LogP contribution in [0.1, 0.15) is 5.69 Å². The molecule has 1 aliphatic heterocycles. The number of H-pyrrole nitrogens is 1. The van der Waals surface area contributed by atoms with Gasteiger partial charge in [0, 0.05) is 13.1 Å². The van der Waals surface area contributed by atoms with Gasteiger partial charge in [-0.15, -0.1) is 10.2 Å². The van der Waals surface area contributed by atoms with Gasteiger partial charge >= 0.3 is 0 Å². The Morgan fingerprint density at radius 3 is 2.85 bits per heavy atom. The molecule has 68 valence electrons. The van der Waals surface area contributed by atoms with Gasteiger partial charge in [-0.05, 0) is 0 Å². The molecule has 13 heavy (non-hydrogen) atoms. The number of aromatic nitrogens is 3. The van der Waals surface area contributed by atoms with Crippen LogP contribution in [0.4, 0.5) is 5.82 Å². The highest BCUT2D eigenvalue weighted by Crippen LogP contribution is 2.14. The van der Waals surface area contributed by atoms with Gasteiger partial charge in [-0.25, -0.2) is 0 Å². The van der Waals surface area contributed by atoms with E-state index in [-0.39, 0.29) is 0 Å². The summed E-state index contributed by atoms with van der Waals surface area (Å²) < 4.78 is 5.19. The van der Waals surface area contributed by atoms with Crippen LogP contribution < -0.4 is 4.90 Å². The number of rotatable bonds is 1. The van der Waals surface area contributed by atoms with Crippen molar-refractivity contribution >= 4 is 5.82 Å². The van der Waals surface area contributed by atoms with E-state index < -0.39 is 0 Å². The molecule has 1 aliphatic rings. The van der Waals surface area contributed by atoms with E-state index in [0.29, 0.717) is 24.7 Å². The maximum Gasteiger partial charge on any atom is 0.206 e. The summed E-state index contributed by atoms with van der Waals surface area (Å²) in [6.07, 6.45) is 0. The molecule has 0 atom stereocenters. The molecule has 1 aromatic rings. The fraction of sp³-hybridized carbons (Fsp3) is 0.571. The molecular formula is C7H9N5O. The highest BCUT2D eigenvalue weighted by Gasteiger charge is 2.17. The Morgan fingerprint density at radius 1 is 1.38 bits per heavy atom. The summed E-state index contributed by atoms with van der Waals surface area (Å²) in [6.45, 7) is 2.89. The number of aromatic amines is 1. The monoisotopic (exact) mass is 179 g/mol. The molecule has 1 aromatic heterocycles. The van der Waals surface area contributed by atoms with Crippen molar-refractivity contribution in [2.75, 3.05) is 31.2 Å². The van der Waals surface area contributed by atoms with E-state index in [1.54, 1.807) is 0 Å². The van der Waals surface area contributed by atoms with Crippen LogP contribution in [0.3, 0.4) is 0 Å². The average molecular weight is 179 g/mol. The lowest BCUT2D eigenvalue weighted by atomic mass is 10.3. The van der Waals surface area contributed by atoms with Crippen LogP contribution in [0.25, 0.3) is 0 Å². The smallest absolute Gasteiger partial charge is 0.206 e. The van der Waals surface area contributed by atoms with Crippen molar-refractivity contribution < 1.29 is 4.74 Å². The molecule has 0 radical (unpaired) electrons. The number of morpholine rings is 1. The van der Waals surface area contributed by atoms with Gasteiger partial charge in [-0.2, -0.15) is 10.5 Å². The lowest BCUT2D eigenvalue weighted by Gasteiger charge is -2.26. The predicted molar refractivity (Wildman–Crippen MR) is 44.1 cm³/mol. The largest absolute Gasteiger partial charge is 0.378 e. The molecule has 2 rings (SSSR count). The van der Waals surface area contributed by atoms with Gasteiger partial charge in [0.15, 0.2) is 5.82 Å². The van der Waals surface area contributed by atoms with Crippen molar-refractivity contribution in [2.45, 2.75) is 0 Å². The first-order valence-electron chi connectivity index (χ1n) is 4.05. The second kappa shape index (κ2) is 3.41. The number of nitriles is 1. The van der Waals surface area contributed by atoms with E-state index in [9.17, 15) is 0 Å². The minimum Gasteiger partial charge on any atom is -0.378 e. The molecule has 0 aliphatic carbocycles. The van der Waals surface area contributed by atoms with Gasteiger partial charge < -0.3 is 9.64 Å². The van der Waals surface area contributed by atoms with Crippen molar-refractivity contribution in [3.8, 4) is 6.07 Å². The minimum absolute atomic E-state index is 0.349. The second-order valence-corrected chi connectivity index (χ2v) is 2.71. The second-order valence-electron chi connectivity index (χ2n) is 2.71.